The van der Waals surface area contributed by atoms with Crippen LogP contribution in [0.1, 0.15) is 45.5 Å². The van der Waals surface area contributed by atoms with Gasteiger partial charge in [0.1, 0.15) is 5.75 Å². The van der Waals surface area contributed by atoms with E-state index >= 15 is 0 Å². The molecular formula is C16H22BClO5. The van der Waals surface area contributed by atoms with Crippen molar-refractivity contribution < 1.29 is 23.9 Å². The fourth-order valence-corrected chi connectivity index (χ4v) is 2.91. The molecule has 0 aliphatic carbocycles. The summed E-state index contributed by atoms with van der Waals surface area (Å²) in [5, 5.41) is 9.68. The van der Waals surface area contributed by atoms with Crippen LogP contribution in [0.15, 0.2) is 18.2 Å². The smallest absolute Gasteiger partial charge is 0.466 e. The third-order valence-electron chi connectivity index (χ3n) is 4.61. The standard InChI is InChI=1S/C16H22BClO5/c1-15(2)16(3,4)23-17(22-15)11(9-13(19)20)10-7-6-8-12(21-5)14(10)18/h6-8,11H,9H2,1-5H3,(H,19,20). The molecule has 1 aliphatic rings. The topological polar surface area (TPSA) is 65.0 Å². The van der Waals surface area contributed by atoms with E-state index in [0.717, 1.165) is 0 Å². The normalized spacial score (nSPS) is 20.3. The molecular weight excluding hydrogens is 318 g/mol. The first-order valence-electron chi connectivity index (χ1n) is 7.49. The molecule has 1 saturated heterocycles. The summed E-state index contributed by atoms with van der Waals surface area (Å²) in [6.07, 6.45) is -0.149. The number of aliphatic carboxylic acids is 1. The largest absolute Gasteiger partial charge is 0.495 e. The minimum Gasteiger partial charge on any atom is -0.495 e. The minimum atomic E-state index is -0.941. The van der Waals surface area contributed by atoms with Crippen LogP contribution >= 0.6 is 11.6 Å². The van der Waals surface area contributed by atoms with E-state index in [1.807, 2.05) is 27.7 Å². The summed E-state index contributed by atoms with van der Waals surface area (Å²) in [6, 6.07) is 5.29. The van der Waals surface area contributed by atoms with Crippen molar-refractivity contribution in [1.82, 2.24) is 0 Å². The fourth-order valence-electron chi connectivity index (χ4n) is 2.57. The first-order valence-corrected chi connectivity index (χ1v) is 7.86. The zero-order valence-corrected chi connectivity index (χ0v) is 14.8. The molecule has 23 heavy (non-hydrogen) atoms. The summed E-state index contributed by atoms with van der Waals surface area (Å²) < 4.78 is 17.3. The molecule has 1 unspecified atom stereocenters. The molecule has 0 radical (unpaired) electrons. The quantitative estimate of drug-likeness (QED) is 0.831. The predicted molar refractivity (Wildman–Crippen MR) is 89.1 cm³/mol. The summed E-state index contributed by atoms with van der Waals surface area (Å²) in [4.78, 5) is 11.3. The van der Waals surface area contributed by atoms with Crippen LogP contribution in [0.3, 0.4) is 0 Å². The van der Waals surface area contributed by atoms with Gasteiger partial charge >= 0.3 is 13.1 Å². The molecule has 1 fully saturated rings. The molecule has 1 aromatic rings. The molecule has 2 rings (SSSR count). The van der Waals surface area contributed by atoms with Crippen molar-refractivity contribution in [2.45, 2.75) is 51.1 Å². The van der Waals surface area contributed by atoms with Gasteiger partial charge in [-0.2, -0.15) is 0 Å². The van der Waals surface area contributed by atoms with Crippen molar-refractivity contribution >= 4 is 24.7 Å². The SMILES string of the molecule is COc1cccc(C(CC(=O)O)B2OC(C)(C)C(C)(C)O2)c1Cl. The lowest BCUT2D eigenvalue weighted by molar-refractivity contribution is -0.137. The number of hydrogen-bond donors (Lipinski definition) is 1. The Balaban J connectivity index is 2.42. The molecule has 1 aromatic carbocycles. The van der Waals surface area contributed by atoms with Crippen LogP contribution < -0.4 is 4.74 Å². The molecule has 1 atom stereocenters. The Kier molecular flexibility index (Phi) is 4.99. The molecule has 1 N–H and O–H groups in total. The van der Waals surface area contributed by atoms with Crippen molar-refractivity contribution in [1.29, 1.82) is 0 Å². The van der Waals surface area contributed by atoms with Gasteiger partial charge in [0.25, 0.3) is 0 Å². The Labute approximate surface area is 142 Å². The summed E-state index contributed by atoms with van der Waals surface area (Å²) in [5.41, 5.74) is -0.439. The predicted octanol–water partition coefficient (Wildman–Crippen LogP) is 3.54. The molecule has 0 aromatic heterocycles. The Morgan fingerprint density at radius 1 is 1.30 bits per heavy atom. The molecule has 0 saturated carbocycles. The first kappa shape index (κ1) is 18.1. The molecule has 0 spiro atoms. The number of benzene rings is 1. The van der Waals surface area contributed by atoms with Gasteiger partial charge in [-0.05, 0) is 39.3 Å². The summed E-state index contributed by atoms with van der Waals surface area (Å²) in [5.74, 6) is -0.976. The molecule has 1 aliphatic heterocycles. The number of rotatable bonds is 5. The second-order valence-corrected chi connectivity index (χ2v) is 7.07. The van der Waals surface area contributed by atoms with E-state index in [9.17, 15) is 9.90 Å². The van der Waals surface area contributed by atoms with Gasteiger partial charge in [0.05, 0.1) is 29.8 Å². The summed E-state index contributed by atoms with van der Waals surface area (Å²) >= 11 is 6.38. The maximum atomic E-state index is 11.3. The van der Waals surface area contributed by atoms with Gasteiger partial charge in [0.2, 0.25) is 0 Å². The van der Waals surface area contributed by atoms with E-state index in [1.165, 1.54) is 7.11 Å². The second kappa shape index (κ2) is 6.34. The van der Waals surface area contributed by atoms with Gasteiger partial charge in [0, 0.05) is 5.82 Å². The molecule has 5 nitrogen and oxygen atoms in total. The van der Waals surface area contributed by atoms with Crippen molar-refractivity contribution in [2.75, 3.05) is 7.11 Å². The van der Waals surface area contributed by atoms with E-state index in [1.54, 1.807) is 18.2 Å². The molecule has 126 valence electrons. The Morgan fingerprint density at radius 2 is 1.87 bits per heavy atom. The molecule has 0 bridgehead atoms. The summed E-state index contributed by atoms with van der Waals surface area (Å²) in [6.45, 7) is 7.71. The number of carboxylic acids is 1. The minimum absolute atomic E-state index is 0.149. The highest BCUT2D eigenvalue weighted by Crippen LogP contribution is 2.44. The van der Waals surface area contributed by atoms with Gasteiger partial charge < -0.3 is 19.2 Å². The van der Waals surface area contributed by atoms with Crippen LogP contribution in [0.2, 0.25) is 5.02 Å². The first-order chi connectivity index (χ1) is 10.6. The monoisotopic (exact) mass is 340 g/mol. The Hall–Kier alpha value is -1.24. The summed E-state index contributed by atoms with van der Waals surface area (Å²) in [7, 11) is 0.826. The zero-order chi connectivity index (χ0) is 17.4. The van der Waals surface area contributed by atoms with Crippen LogP contribution in [0, 0.1) is 0 Å². The van der Waals surface area contributed by atoms with Crippen LogP contribution in [0.4, 0.5) is 0 Å². The number of halogens is 1. The highest BCUT2D eigenvalue weighted by molar-refractivity contribution is 6.48. The third kappa shape index (κ3) is 3.49. The van der Waals surface area contributed by atoms with E-state index in [0.29, 0.717) is 16.3 Å². The van der Waals surface area contributed by atoms with Crippen LogP contribution in [-0.4, -0.2) is 36.5 Å². The van der Waals surface area contributed by atoms with E-state index in [2.05, 4.69) is 0 Å². The second-order valence-electron chi connectivity index (χ2n) is 6.69. The Morgan fingerprint density at radius 3 is 2.35 bits per heavy atom. The number of methoxy groups -OCH3 is 1. The van der Waals surface area contributed by atoms with Crippen molar-refractivity contribution in [3.8, 4) is 5.75 Å². The van der Waals surface area contributed by atoms with Crippen molar-refractivity contribution in [3.63, 3.8) is 0 Å². The Bertz CT molecular complexity index is 586. The van der Waals surface area contributed by atoms with Crippen LogP contribution in [0.25, 0.3) is 0 Å². The van der Waals surface area contributed by atoms with Crippen LogP contribution in [-0.2, 0) is 14.1 Å². The van der Waals surface area contributed by atoms with E-state index < -0.39 is 30.1 Å². The number of hydrogen-bond acceptors (Lipinski definition) is 4. The average molecular weight is 341 g/mol. The number of ether oxygens (including phenoxy) is 1. The van der Waals surface area contributed by atoms with Gasteiger partial charge in [0.15, 0.2) is 0 Å². The fraction of sp³-hybridized carbons (Fsp3) is 0.562. The number of carboxylic acid groups (broad SMARTS) is 1. The van der Waals surface area contributed by atoms with Crippen molar-refractivity contribution in [2.24, 2.45) is 0 Å². The number of carbonyl (C=O) groups is 1. The highest BCUT2D eigenvalue weighted by atomic mass is 35.5. The van der Waals surface area contributed by atoms with Gasteiger partial charge in [-0.3, -0.25) is 4.79 Å². The molecule has 0 amide bonds. The maximum Gasteiger partial charge on any atom is 0.466 e. The lowest BCUT2D eigenvalue weighted by Gasteiger charge is -2.32. The van der Waals surface area contributed by atoms with E-state index in [-0.39, 0.29) is 6.42 Å². The molecule has 7 heteroatoms. The van der Waals surface area contributed by atoms with Gasteiger partial charge in [-0.15, -0.1) is 0 Å². The zero-order valence-electron chi connectivity index (χ0n) is 14.1. The molecule has 1 heterocycles. The lowest BCUT2D eigenvalue weighted by Crippen LogP contribution is -2.41. The maximum absolute atomic E-state index is 11.3. The van der Waals surface area contributed by atoms with Gasteiger partial charge in [-0.1, -0.05) is 23.7 Å². The highest BCUT2D eigenvalue weighted by Gasteiger charge is 2.54. The van der Waals surface area contributed by atoms with Crippen LogP contribution in [0.5, 0.6) is 5.75 Å². The average Bonchev–Trinajstić information content (AvgIpc) is 2.65. The third-order valence-corrected chi connectivity index (χ3v) is 5.01. The van der Waals surface area contributed by atoms with E-state index in [4.69, 9.17) is 25.6 Å². The lowest BCUT2D eigenvalue weighted by atomic mass is 9.66. The van der Waals surface area contributed by atoms with Gasteiger partial charge in [-0.25, -0.2) is 0 Å². The van der Waals surface area contributed by atoms with Crippen molar-refractivity contribution in [3.05, 3.63) is 28.8 Å².